The van der Waals surface area contributed by atoms with Crippen molar-refractivity contribution in [1.82, 2.24) is 0 Å². The summed E-state index contributed by atoms with van der Waals surface area (Å²) in [4.78, 5) is 0. The van der Waals surface area contributed by atoms with Gasteiger partial charge in [-0.25, -0.2) is 0 Å². The quantitative estimate of drug-likeness (QED) is 0.836. The summed E-state index contributed by atoms with van der Waals surface area (Å²) in [5.41, 5.74) is 6.30. The number of anilines is 1. The van der Waals surface area contributed by atoms with Crippen molar-refractivity contribution in [2.45, 2.75) is 6.18 Å². The summed E-state index contributed by atoms with van der Waals surface area (Å²) in [7, 11) is 1.52. The first-order valence-electron chi connectivity index (χ1n) is 5.53. The van der Waals surface area contributed by atoms with Gasteiger partial charge < -0.3 is 10.5 Å². The van der Waals surface area contributed by atoms with E-state index in [4.69, 9.17) is 10.5 Å². The summed E-state index contributed by atoms with van der Waals surface area (Å²) in [6, 6.07) is 10.3. The van der Waals surface area contributed by atoms with E-state index in [1.807, 2.05) is 0 Å². The molecule has 0 unspecified atom stereocenters. The minimum atomic E-state index is -4.39. The third kappa shape index (κ3) is 2.81. The number of hydrogen-bond donors (Lipinski definition) is 1. The van der Waals surface area contributed by atoms with Gasteiger partial charge in [-0.15, -0.1) is 0 Å². The smallest absolute Gasteiger partial charge is 0.416 e. The van der Waals surface area contributed by atoms with Crippen LogP contribution in [0.15, 0.2) is 42.5 Å². The molecule has 2 rings (SSSR count). The average molecular weight is 267 g/mol. The Hall–Kier alpha value is -2.17. The van der Waals surface area contributed by atoms with E-state index in [1.165, 1.54) is 13.2 Å². The molecule has 2 nitrogen and oxygen atoms in total. The van der Waals surface area contributed by atoms with Crippen molar-refractivity contribution in [3.63, 3.8) is 0 Å². The Labute approximate surface area is 108 Å². The predicted octanol–water partition coefficient (Wildman–Crippen LogP) is 3.96. The second-order valence-corrected chi connectivity index (χ2v) is 4.03. The molecule has 0 aliphatic rings. The Morgan fingerprint density at radius 1 is 1.05 bits per heavy atom. The molecule has 0 atom stereocenters. The summed E-state index contributed by atoms with van der Waals surface area (Å²) in [5, 5.41) is 0. The number of nitrogen functional groups attached to an aromatic ring is 1. The Morgan fingerprint density at radius 3 is 2.37 bits per heavy atom. The van der Waals surface area contributed by atoms with Crippen LogP contribution in [0.1, 0.15) is 5.56 Å². The molecular formula is C14H12F3NO. The molecular weight excluding hydrogens is 255 g/mol. The first-order chi connectivity index (χ1) is 8.91. The van der Waals surface area contributed by atoms with Crippen LogP contribution >= 0.6 is 0 Å². The molecule has 0 saturated heterocycles. The number of rotatable bonds is 2. The lowest BCUT2D eigenvalue weighted by Gasteiger charge is -2.11. The Morgan fingerprint density at radius 2 is 1.79 bits per heavy atom. The number of nitrogens with two attached hydrogens (primary N) is 1. The molecule has 0 heterocycles. The van der Waals surface area contributed by atoms with Crippen LogP contribution in [0.3, 0.4) is 0 Å². The maximum absolute atomic E-state index is 12.5. The van der Waals surface area contributed by atoms with Crippen molar-refractivity contribution < 1.29 is 17.9 Å². The topological polar surface area (TPSA) is 35.2 Å². The maximum Gasteiger partial charge on any atom is 0.416 e. The first-order valence-corrected chi connectivity index (χ1v) is 5.53. The minimum absolute atomic E-state index is 0.0862. The van der Waals surface area contributed by atoms with Gasteiger partial charge in [0.05, 0.1) is 12.7 Å². The van der Waals surface area contributed by atoms with Crippen molar-refractivity contribution in [2.75, 3.05) is 12.8 Å². The number of ether oxygens (including phenoxy) is 1. The van der Waals surface area contributed by atoms with Gasteiger partial charge in [-0.05, 0) is 29.8 Å². The zero-order chi connectivity index (χ0) is 14.0. The van der Waals surface area contributed by atoms with Crippen LogP contribution in [0, 0.1) is 0 Å². The maximum atomic E-state index is 12.5. The minimum Gasteiger partial charge on any atom is -0.497 e. The van der Waals surface area contributed by atoms with Crippen LogP contribution in [0.5, 0.6) is 5.75 Å². The lowest BCUT2D eigenvalue weighted by molar-refractivity contribution is -0.137. The van der Waals surface area contributed by atoms with Crippen LogP contribution in [-0.4, -0.2) is 7.11 Å². The van der Waals surface area contributed by atoms with E-state index < -0.39 is 11.7 Å². The molecule has 19 heavy (non-hydrogen) atoms. The fourth-order valence-electron chi connectivity index (χ4n) is 1.79. The van der Waals surface area contributed by atoms with E-state index in [0.29, 0.717) is 16.9 Å². The lowest BCUT2D eigenvalue weighted by atomic mass is 10.0. The monoisotopic (exact) mass is 267 g/mol. The van der Waals surface area contributed by atoms with Crippen LogP contribution < -0.4 is 10.5 Å². The number of alkyl halides is 3. The van der Waals surface area contributed by atoms with Crippen LogP contribution in [0.4, 0.5) is 18.9 Å². The Balaban J connectivity index is 2.46. The molecule has 2 N–H and O–H groups in total. The normalized spacial score (nSPS) is 11.4. The van der Waals surface area contributed by atoms with Gasteiger partial charge in [-0.2, -0.15) is 13.2 Å². The zero-order valence-electron chi connectivity index (χ0n) is 10.2. The molecule has 0 aliphatic heterocycles. The number of hydrogen-bond acceptors (Lipinski definition) is 2. The molecule has 0 fully saturated rings. The summed E-state index contributed by atoms with van der Waals surface area (Å²) in [5.74, 6) is 0.622. The number of halogens is 3. The molecule has 0 aromatic heterocycles. The zero-order valence-corrected chi connectivity index (χ0v) is 10.2. The van der Waals surface area contributed by atoms with Gasteiger partial charge in [0, 0.05) is 11.3 Å². The van der Waals surface area contributed by atoms with Gasteiger partial charge in [0.2, 0.25) is 0 Å². The molecule has 100 valence electrons. The number of methoxy groups -OCH3 is 1. The highest BCUT2D eigenvalue weighted by Crippen LogP contribution is 2.35. The third-order valence-corrected chi connectivity index (χ3v) is 2.76. The largest absolute Gasteiger partial charge is 0.497 e. The van der Waals surface area contributed by atoms with Crippen molar-refractivity contribution >= 4 is 5.69 Å². The summed E-state index contributed by atoms with van der Waals surface area (Å²) < 4.78 is 42.7. The molecule has 2 aromatic rings. The lowest BCUT2D eigenvalue weighted by Crippen LogP contribution is -2.05. The fourth-order valence-corrected chi connectivity index (χ4v) is 1.79. The fraction of sp³-hybridized carbons (Fsp3) is 0.143. The molecule has 2 aromatic carbocycles. The molecule has 0 aliphatic carbocycles. The highest BCUT2D eigenvalue weighted by molar-refractivity contribution is 5.77. The van der Waals surface area contributed by atoms with Gasteiger partial charge in [0.15, 0.2) is 0 Å². The van der Waals surface area contributed by atoms with E-state index in [-0.39, 0.29) is 5.69 Å². The van der Waals surface area contributed by atoms with Crippen LogP contribution in [-0.2, 0) is 6.18 Å². The van der Waals surface area contributed by atoms with Crippen molar-refractivity contribution in [1.29, 1.82) is 0 Å². The highest BCUT2D eigenvalue weighted by atomic mass is 19.4. The molecule has 0 amide bonds. The van der Waals surface area contributed by atoms with Gasteiger partial charge >= 0.3 is 6.18 Å². The van der Waals surface area contributed by atoms with Crippen molar-refractivity contribution in [3.8, 4) is 16.9 Å². The molecule has 0 radical (unpaired) electrons. The third-order valence-electron chi connectivity index (χ3n) is 2.76. The van der Waals surface area contributed by atoms with E-state index in [0.717, 1.165) is 12.1 Å². The Bertz CT molecular complexity index is 593. The second kappa shape index (κ2) is 4.84. The first kappa shape index (κ1) is 13.3. The van der Waals surface area contributed by atoms with E-state index >= 15 is 0 Å². The summed E-state index contributed by atoms with van der Waals surface area (Å²) in [6.07, 6.45) is -4.39. The SMILES string of the molecule is COc1cccc(-c2ccc(C(F)(F)F)cc2N)c1. The standard InChI is InChI=1S/C14H12F3NO/c1-19-11-4-2-3-9(7-11)12-6-5-10(8-13(12)18)14(15,16)17/h2-8H,18H2,1H3. The predicted molar refractivity (Wildman–Crippen MR) is 67.8 cm³/mol. The van der Waals surface area contributed by atoms with E-state index in [9.17, 15) is 13.2 Å². The molecule has 5 heteroatoms. The van der Waals surface area contributed by atoms with E-state index in [2.05, 4.69) is 0 Å². The van der Waals surface area contributed by atoms with E-state index in [1.54, 1.807) is 24.3 Å². The van der Waals surface area contributed by atoms with Crippen molar-refractivity contribution in [3.05, 3.63) is 48.0 Å². The Kier molecular flexibility index (Phi) is 3.38. The number of benzene rings is 2. The van der Waals surface area contributed by atoms with Crippen molar-refractivity contribution in [2.24, 2.45) is 0 Å². The average Bonchev–Trinajstić information content (AvgIpc) is 2.37. The van der Waals surface area contributed by atoms with Gasteiger partial charge in [-0.3, -0.25) is 0 Å². The molecule has 0 saturated carbocycles. The summed E-state index contributed by atoms with van der Waals surface area (Å²) in [6.45, 7) is 0. The molecule has 0 bridgehead atoms. The second-order valence-electron chi connectivity index (χ2n) is 4.03. The van der Waals surface area contributed by atoms with Crippen LogP contribution in [0.25, 0.3) is 11.1 Å². The van der Waals surface area contributed by atoms with Gasteiger partial charge in [0.1, 0.15) is 5.75 Å². The van der Waals surface area contributed by atoms with Gasteiger partial charge in [-0.1, -0.05) is 18.2 Å². The van der Waals surface area contributed by atoms with Gasteiger partial charge in [0.25, 0.3) is 0 Å². The molecule has 0 spiro atoms. The highest BCUT2D eigenvalue weighted by Gasteiger charge is 2.30. The van der Waals surface area contributed by atoms with Crippen LogP contribution in [0.2, 0.25) is 0 Å². The summed E-state index contributed by atoms with van der Waals surface area (Å²) >= 11 is 0.